The molecule has 0 heterocycles. The largest absolute Gasteiger partial charge is 0.437 e. The van der Waals surface area contributed by atoms with Crippen LogP contribution < -0.4 is 5.32 Å². The first-order valence-electron chi connectivity index (χ1n) is 4.21. The SMILES string of the molecule is O=C(Nc1cccc(Cl)c1)O/N=C/C(Cl)(Cl)Cl. The van der Waals surface area contributed by atoms with Crippen LogP contribution in [0.4, 0.5) is 10.5 Å². The van der Waals surface area contributed by atoms with Gasteiger partial charge >= 0.3 is 6.09 Å². The van der Waals surface area contributed by atoms with Crippen LogP contribution in [-0.2, 0) is 4.84 Å². The van der Waals surface area contributed by atoms with Gasteiger partial charge in [-0.1, -0.05) is 57.6 Å². The van der Waals surface area contributed by atoms with E-state index in [4.69, 9.17) is 46.4 Å². The molecule has 0 aliphatic carbocycles. The normalized spacial score (nSPS) is 11.5. The highest BCUT2D eigenvalue weighted by atomic mass is 35.6. The van der Waals surface area contributed by atoms with E-state index in [1.807, 2.05) is 0 Å². The van der Waals surface area contributed by atoms with E-state index in [0.29, 0.717) is 10.7 Å². The van der Waals surface area contributed by atoms with Gasteiger partial charge in [0, 0.05) is 10.7 Å². The first kappa shape index (κ1) is 14.4. The second-order valence-corrected chi connectivity index (χ2v) is 5.60. The Balaban J connectivity index is 2.48. The van der Waals surface area contributed by atoms with Gasteiger partial charge in [-0.3, -0.25) is 10.2 Å². The molecule has 0 saturated heterocycles. The molecule has 0 saturated carbocycles. The molecule has 0 aliphatic heterocycles. The van der Waals surface area contributed by atoms with Gasteiger partial charge in [0.1, 0.15) is 0 Å². The van der Waals surface area contributed by atoms with Gasteiger partial charge in [0.2, 0.25) is 3.79 Å². The Morgan fingerprint density at radius 1 is 1.41 bits per heavy atom. The second kappa shape index (κ2) is 6.31. The maximum absolute atomic E-state index is 11.2. The maximum Gasteiger partial charge on any atom is 0.437 e. The third-order valence-corrected chi connectivity index (χ3v) is 1.93. The van der Waals surface area contributed by atoms with Crippen molar-refractivity contribution in [2.45, 2.75) is 3.79 Å². The van der Waals surface area contributed by atoms with Crippen molar-refractivity contribution < 1.29 is 9.63 Å². The summed E-state index contributed by atoms with van der Waals surface area (Å²) in [5, 5.41) is 6.05. The average Bonchev–Trinajstić information content (AvgIpc) is 2.15. The van der Waals surface area contributed by atoms with Crippen LogP contribution in [-0.4, -0.2) is 16.1 Å². The molecule has 1 amide bonds. The Hall–Kier alpha value is -0.680. The summed E-state index contributed by atoms with van der Waals surface area (Å²) in [4.78, 5) is 15.6. The van der Waals surface area contributed by atoms with Gasteiger partial charge in [0.05, 0.1) is 6.21 Å². The lowest BCUT2D eigenvalue weighted by Gasteiger charge is -2.03. The van der Waals surface area contributed by atoms with Crippen molar-refractivity contribution in [1.29, 1.82) is 0 Å². The maximum atomic E-state index is 11.2. The Kier molecular flexibility index (Phi) is 5.33. The molecule has 17 heavy (non-hydrogen) atoms. The summed E-state index contributed by atoms with van der Waals surface area (Å²) >= 11 is 21.8. The number of rotatable bonds is 2. The molecule has 4 nitrogen and oxygen atoms in total. The quantitative estimate of drug-likeness (QED) is 0.384. The molecule has 0 spiro atoms. The molecule has 0 radical (unpaired) electrons. The van der Waals surface area contributed by atoms with Crippen molar-refractivity contribution in [2.24, 2.45) is 5.16 Å². The highest BCUT2D eigenvalue weighted by Crippen LogP contribution is 2.23. The van der Waals surface area contributed by atoms with Crippen LogP contribution in [0, 0.1) is 0 Å². The molecule has 1 aromatic carbocycles. The number of anilines is 1. The van der Waals surface area contributed by atoms with Crippen molar-refractivity contribution in [2.75, 3.05) is 5.32 Å². The van der Waals surface area contributed by atoms with Crippen LogP contribution in [0.5, 0.6) is 0 Å². The number of nitrogens with zero attached hydrogens (tertiary/aromatic N) is 1. The number of nitrogens with one attached hydrogen (secondary N) is 1. The first-order chi connectivity index (χ1) is 7.87. The smallest absolute Gasteiger partial charge is 0.298 e. The number of carbonyl (C=O) groups is 1. The molecule has 0 bridgehead atoms. The lowest BCUT2D eigenvalue weighted by atomic mass is 10.3. The van der Waals surface area contributed by atoms with Crippen molar-refractivity contribution in [3.8, 4) is 0 Å². The van der Waals surface area contributed by atoms with Gasteiger partial charge in [0.25, 0.3) is 0 Å². The molecule has 0 unspecified atom stereocenters. The predicted octanol–water partition coefficient (Wildman–Crippen LogP) is 4.24. The molecule has 0 atom stereocenters. The second-order valence-electron chi connectivity index (χ2n) is 2.79. The Bertz CT molecular complexity index is 431. The van der Waals surface area contributed by atoms with Gasteiger partial charge < -0.3 is 0 Å². The first-order valence-corrected chi connectivity index (χ1v) is 5.73. The molecular weight excluding hydrogens is 310 g/mol. The van der Waals surface area contributed by atoms with Crippen LogP contribution in [0.1, 0.15) is 0 Å². The van der Waals surface area contributed by atoms with E-state index in [1.165, 1.54) is 0 Å². The zero-order valence-electron chi connectivity index (χ0n) is 8.16. The summed E-state index contributed by atoms with van der Waals surface area (Å²) in [6.45, 7) is 0. The van der Waals surface area contributed by atoms with Crippen LogP contribution in [0.3, 0.4) is 0 Å². The monoisotopic (exact) mass is 314 g/mol. The van der Waals surface area contributed by atoms with E-state index in [2.05, 4.69) is 15.3 Å². The Morgan fingerprint density at radius 2 is 2.12 bits per heavy atom. The van der Waals surface area contributed by atoms with Gasteiger partial charge in [-0.2, -0.15) is 0 Å². The van der Waals surface area contributed by atoms with Crippen molar-refractivity contribution in [3.63, 3.8) is 0 Å². The summed E-state index contributed by atoms with van der Waals surface area (Å²) in [5.41, 5.74) is 0.464. The van der Waals surface area contributed by atoms with Crippen LogP contribution in [0.25, 0.3) is 0 Å². The number of benzene rings is 1. The minimum atomic E-state index is -1.71. The highest BCUT2D eigenvalue weighted by Gasteiger charge is 2.16. The number of amides is 1. The lowest BCUT2D eigenvalue weighted by Crippen LogP contribution is -2.12. The number of hydrogen-bond acceptors (Lipinski definition) is 3. The van der Waals surface area contributed by atoms with Crippen molar-refractivity contribution >= 4 is 64.4 Å². The summed E-state index contributed by atoms with van der Waals surface area (Å²) in [5.74, 6) is 0. The third kappa shape index (κ3) is 6.58. The number of halogens is 4. The fraction of sp³-hybridized carbons (Fsp3) is 0.111. The van der Waals surface area contributed by atoms with E-state index >= 15 is 0 Å². The summed E-state index contributed by atoms with van der Waals surface area (Å²) < 4.78 is -1.71. The molecule has 1 N–H and O–H groups in total. The van der Waals surface area contributed by atoms with Crippen LogP contribution in [0.2, 0.25) is 5.02 Å². The Labute approximate surface area is 117 Å². The number of alkyl halides is 3. The van der Waals surface area contributed by atoms with E-state index in [9.17, 15) is 4.79 Å². The van der Waals surface area contributed by atoms with Crippen LogP contribution >= 0.6 is 46.4 Å². The summed E-state index contributed by atoms with van der Waals surface area (Å²) in [7, 11) is 0. The lowest BCUT2D eigenvalue weighted by molar-refractivity contribution is 0.167. The van der Waals surface area contributed by atoms with Gasteiger partial charge in [-0.15, -0.1) is 0 Å². The van der Waals surface area contributed by atoms with E-state index in [0.717, 1.165) is 6.21 Å². The minimum Gasteiger partial charge on any atom is -0.298 e. The van der Waals surface area contributed by atoms with Crippen LogP contribution in [0.15, 0.2) is 29.4 Å². The molecule has 8 heteroatoms. The third-order valence-electron chi connectivity index (χ3n) is 1.41. The molecule has 1 aromatic rings. The standard InChI is InChI=1S/C9H6Cl4N2O2/c10-6-2-1-3-7(4-6)15-8(16)17-14-5-9(11,12)13/h1-5H,(H,15,16)/b14-5+. The topological polar surface area (TPSA) is 50.7 Å². The predicted molar refractivity (Wildman–Crippen MR) is 70.3 cm³/mol. The molecule has 92 valence electrons. The summed E-state index contributed by atoms with van der Waals surface area (Å²) in [6, 6.07) is 6.51. The van der Waals surface area contributed by atoms with E-state index < -0.39 is 9.89 Å². The van der Waals surface area contributed by atoms with E-state index in [-0.39, 0.29) is 0 Å². The van der Waals surface area contributed by atoms with Gasteiger partial charge in [0.15, 0.2) is 0 Å². The molecule has 0 fully saturated rings. The highest BCUT2D eigenvalue weighted by molar-refractivity contribution is 6.74. The molecular formula is C9H6Cl4N2O2. The molecule has 1 rings (SSSR count). The number of oxime groups is 1. The number of carbonyl (C=O) groups excluding carboxylic acids is 1. The van der Waals surface area contributed by atoms with Gasteiger partial charge in [-0.25, -0.2) is 4.79 Å². The van der Waals surface area contributed by atoms with Crippen molar-refractivity contribution in [1.82, 2.24) is 0 Å². The van der Waals surface area contributed by atoms with E-state index in [1.54, 1.807) is 24.3 Å². The fourth-order valence-electron chi connectivity index (χ4n) is 0.841. The molecule has 0 aromatic heterocycles. The molecule has 0 aliphatic rings. The van der Waals surface area contributed by atoms with Gasteiger partial charge in [-0.05, 0) is 18.2 Å². The zero-order chi connectivity index (χ0) is 12.9. The number of hydrogen-bond donors (Lipinski definition) is 1. The average molecular weight is 316 g/mol. The fourth-order valence-corrected chi connectivity index (χ4v) is 1.15. The Morgan fingerprint density at radius 3 is 2.71 bits per heavy atom. The van der Waals surface area contributed by atoms with Crippen molar-refractivity contribution in [3.05, 3.63) is 29.3 Å². The zero-order valence-corrected chi connectivity index (χ0v) is 11.2. The summed E-state index contributed by atoms with van der Waals surface area (Å²) in [6.07, 6.45) is 0.0349. The minimum absolute atomic E-state index is 0.464.